The smallest absolute Gasteiger partial charge is 0.194 e. The molecular formula is C15H17ClO3S2. The molecule has 3 nitrogen and oxygen atoms in total. The van der Waals surface area contributed by atoms with Crippen molar-refractivity contribution in [3.63, 3.8) is 0 Å². The van der Waals surface area contributed by atoms with Gasteiger partial charge in [0.05, 0.1) is 30.4 Å². The van der Waals surface area contributed by atoms with Crippen molar-refractivity contribution in [2.75, 3.05) is 32.3 Å². The van der Waals surface area contributed by atoms with Crippen LogP contribution in [0.15, 0.2) is 34.1 Å². The number of hydrogen-bond acceptors (Lipinski definition) is 5. The van der Waals surface area contributed by atoms with Crippen molar-refractivity contribution in [1.29, 1.82) is 0 Å². The molecule has 2 rings (SSSR count). The first-order chi connectivity index (χ1) is 10.2. The van der Waals surface area contributed by atoms with Crippen molar-refractivity contribution in [2.45, 2.75) is 6.10 Å². The predicted molar refractivity (Wildman–Crippen MR) is 90.4 cm³/mol. The van der Waals surface area contributed by atoms with Crippen molar-refractivity contribution in [3.8, 4) is 0 Å². The quantitative estimate of drug-likeness (QED) is 0.598. The number of thioether (sulfide) groups is 2. The minimum absolute atomic E-state index is 0.0881. The van der Waals surface area contributed by atoms with Gasteiger partial charge < -0.3 is 9.47 Å². The van der Waals surface area contributed by atoms with E-state index in [1.54, 1.807) is 35.7 Å². The molecule has 1 aliphatic heterocycles. The fourth-order valence-corrected chi connectivity index (χ4v) is 3.89. The largest absolute Gasteiger partial charge is 0.376 e. The van der Waals surface area contributed by atoms with Crippen LogP contribution in [0, 0.1) is 0 Å². The Morgan fingerprint density at radius 3 is 2.52 bits per heavy atom. The Kier molecular flexibility index (Phi) is 6.64. The van der Waals surface area contributed by atoms with Gasteiger partial charge in [-0.1, -0.05) is 23.7 Å². The Balaban J connectivity index is 2.42. The second-order valence-electron chi connectivity index (χ2n) is 4.35. The maximum Gasteiger partial charge on any atom is 0.194 e. The predicted octanol–water partition coefficient (Wildman–Crippen LogP) is 3.88. The molecule has 1 unspecified atom stereocenters. The van der Waals surface area contributed by atoms with Crippen LogP contribution in [0.4, 0.5) is 0 Å². The molecule has 1 heterocycles. The van der Waals surface area contributed by atoms with Gasteiger partial charge >= 0.3 is 0 Å². The van der Waals surface area contributed by atoms with E-state index in [1.807, 2.05) is 24.6 Å². The van der Waals surface area contributed by atoms with E-state index in [9.17, 15) is 4.79 Å². The normalized spacial score (nSPS) is 18.3. The van der Waals surface area contributed by atoms with E-state index in [4.69, 9.17) is 21.1 Å². The average Bonchev–Trinajstić information content (AvgIpc) is 2.53. The monoisotopic (exact) mass is 344 g/mol. The molecule has 0 aromatic heterocycles. The number of halogens is 1. The van der Waals surface area contributed by atoms with Crippen LogP contribution in [0.3, 0.4) is 0 Å². The van der Waals surface area contributed by atoms with Gasteiger partial charge in [0, 0.05) is 9.80 Å². The third kappa shape index (κ3) is 4.05. The first kappa shape index (κ1) is 16.9. The molecular weight excluding hydrogens is 328 g/mol. The molecule has 0 aliphatic carbocycles. The number of Topliss-reactive ketones (excluding diaryl/α,β-unsaturated/α-hetero) is 1. The summed E-state index contributed by atoms with van der Waals surface area (Å²) < 4.78 is 12.1. The summed E-state index contributed by atoms with van der Waals surface area (Å²) in [6, 6.07) is 7.09. The van der Waals surface area contributed by atoms with Crippen LogP contribution in [0.1, 0.15) is 10.4 Å². The zero-order chi connectivity index (χ0) is 15.2. The maximum absolute atomic E-state index is 12.9. The third-order valence-corrected chi connectivity index (χ3v) is 5.60. The summed E-state index contributed by atoms with van der Waals surface area (Å²) in [5.74, 6) is -0.0881. The first-order valence-corrected chi connectivity index (χ1v) is 9.32. The number of carbonyl (C=O) groups excluding carboxylic acids is 1. The highest BCUT2D eigenvalue weighted by Crippen LogP contribution is 2.34. The Bertz CT molecular complexity index is 533. The highest BCUT2D eigenvalue weighted by molar-refractivity contribution is 8.21. The van der Waals surface area contributed by atoms with Crippen LogP contribution in [0.25, 0.3) is 0 Å². The van der Waals surface area contributed by atoms with Gasteiger partial charge in [-0.05, 0) is 24.6 Å². The van der Waals surface area contributed by atoms with E-state index in [0.29, 0.717) is 36.0 Å². The van der Waals surface area contributed by atoms with E-state index in [-0.39, 0.29) is 11.9 Å². The van der Waals surface area contributed by atoms with Crippen molar-refractivity contribution in [1.82, 2.24) is 0 Å². The van der Waals surface area contributed by atoms with Gasteiger partial charge in [-0.3, -0.25) is 4.79 Å². The zero-order valence-electron chi connectivity index (χ0n) is 11.9. The van der Waals surface area contributed by atoms with Crippen LogP contribution in [0.5, 0.6) is 0 Å². The lowest BCUT2D eigenvalue weighted by Crippen LogP contribution is -2.33. The molecule has 0 spiro atoms. The Morgan fingerprint density at radius 1 is 1.24 bits per heavy atom. The van der Waals surface area contributed by atoms with Crippen molar-refractivity contribution in [3.05, 3.63) is 44.7 Å². The van der Waals surface area contributed by atoms with Crippen molar-refractivity contribution >= 4 is 40.9 Å². The summed E-state index contributed by atoms with van der Waals surface area (Å²) in [5.41, 5.74) is 1.15. The third-order valence-electron chi connectivity index (χ3n) is 3.09. The molecule has 1 aromatic rings. The summed E-state index contributed by atoms with van der Waals surface area (Å²) in [6.45, 7) is 1.47. The summed E-state index contributed by atoms with van der Waals surface area (Å²) >= 11 is 9.25. The molecule has 1 atom stereocenters. The Morgan fingerprint density at radius 2 is 1.95 bits per heavy atom. The SMILES string of the molecule is CSC(SC)=C(C(=O)c1ccccc1Cl)C1COCCO1. The molecule has 0 amide bonds. The Labute approximate surface area is 138 Å². The summed E-state index contributed by atoms with van der Waals surface area (Å²) in [4.78, 5) is 12.9. The van der Waals surface area contributed by atoms with Crippen LogP contribution >= 0.6 is 35.1 Å². The number of benzene rings is 1. The standard InChI is InChI=1S/C15H17ClO3S2/c1-20-15(21-2)13(12-9-18-7-8-19-12)14(17)10-5-3-4-6-11(10)16/h3-6,12H,7-9H2,1-2H3. The fourth-order valence-electron chi connectivity index (χ4n) is 2.12. The molecule has 0 bridgehead atoms. The number of hydrogen-bond donors (Lipinski definition) is 0. The van der Waals surface area contributed by atoms with E-state index >= 15 is 0 Å². The molecule has 1 saturated heterocycles. The van der Waals surface area contributed by atoms with Gasteiger partial charge in [-0.2, -0.15) is 0 Å². The summed E-state index contributed by atoms with van der Waals surface area (Å²) in [5, 5.41) is 0.457. The molecule has 1 aromatic carbocycles. The molecule has 6 heteroatoms. The molecule has 114 valence electrons. The van der Waals surface area contributed by atoms with E-state index < -0.39 is 0 Å². The maximum atomic E-state index is 12.9. The van der Waals surface area contributed by atoms with Gasteiger partial charge in [0.25, 0.3) is 0 Å². The topological polar surface area (TPSA) is 35.5 Å². The fraction of sp³-hybridized carbons (Fsp3) is 0.400. The van der Waals surface area contributed by atoms with E-state index in [0.717, 1.165) is 4.24 Å². The van der Waals surface area contributed by atoms with Gasteiger partial charge in [0.1, 0.15) is 6.10 Å². The van der Waals surface area contributed by atoms with Gasteiger partial charge in [-0.15, -0.1) is 23.5 Å². The number of carbonyl (C=O) groups is 1. The summed E-state index contributed by atoms with van der Waals surface area (Å²) in [6.07, 6.45) is 3.57. The number of ketones is 1. The highest BCUT2D eigenvalue weighted by atomic mass is 35.5. The molecule has 0 N–H and O–H groups in total. The number of ether oxygens (including phenoxy) is 2. The second-order valence-corrected chi connectivity index (χ2v) is 6.65. The molecule has 1 fully saturated rings. The van der Waals surface area contributed by atoms with Crippen LogP contribution in [0.2, 0.25) is 5.02 Å². The average molecular weight is 345 g/mol. The van der Waals surface area contributed by atoms with Crippen molar-refractivity contribution in [2.24, 2.45) is 0 Å². The molecule has 0 radical (unpaired) electrons. The minimum atomic E-state index is -0.336. The van der Waals surface area contributed by atoms with Crippen LogP contribution in [-0.4, -0.2) is 44.2 Å². The van der Waals surface area contributed by atoms with Crippen molar-refractivity contribution < 1.29 is 14.3 Å². The summed E-state index contributed by atoms with van der Waals surface area (Å²) in [7, 11) is 0. The zero-order valence-corrected chi connectivity index (χ0v) is 14.3. The number of rotatable bonds is 5. The molecule has 0 saturated carbocycles. The van der Waals surface area contributed by atoms with Crippen LogP contribution in [-0.2, 0) is 9.47 Å². The van der Waals surface area contributed by atoms with E-state index in [1.165, 1.54) is 0 Å². The molecule has 1 aliphatic rings. The first-order valence-electron chi connectivity index (χ1n) is 6.49. The van der Waals surface area contributed by atoms with Gasteiger partial charge in [0.15, 0.2) is 5.78 Å². The second kappa shape index (κ2) is 8.25. The van der Waals surface area contributed by atoms with E-state index in [2.05, 4.69) is 0 Å². The Hall–Kier alpha value is -0.460. The minimum Gasteiger partial charge on any atom is -0.376 e. The molecule has 21 heavy (non-hydrogen) atoms. The van der Waals surface area contributed by atoms with Gasteiger partial charge in [0.2, 0.25) is 0 Å². The lowest BCUT2D eigenvalue weighted by Gasteiger charge is -2.26. The lowest BCUT2D eigenvalue weighted by molar-refractivity contribution is -0.0712. The lowest BCUT2D eigenvalue weighted by atomic mass is 10.00. The highest BCUT2D eigenvalue weighted by Gasteiger charge is 2.29. The van der Waals surface area contributed by atoms with Crippen LogP contribution < -0.4 is 0 Å². The van der Waals surface area contributed by atoms with Gasteiger partial charge in [-0.25, -0.2) is 0 Å².